The molecule has 0 unspecified atom stereocenters. The Morgan fingerprint density at radius 3 is 2.64 bits per heavy atom. The fraction of sp³-hybridized carbons (Fsp3) is 0.227. The van der Waals surface area contributed by atoms with Gasteiger partial charge >= 0.3 is 0 Å². The third-order valence-electron chi connectivity index (χ3n) is 4.88. The average molecular weight is 393 g/mol. The number of nitrogens with zero attached hydrogens (tertiary/aromatic N) is 2. The van der Waals surface area contributed by atoms with Gasteiger partial charge in [-0.2, -0.15) is 4.98 Å². The second-order valence-corrected chi connectivity index (χ2v) is 7.43. The highest BCUT2D eigenvalue weighted by molar-refractivity contribution is 6.31. The number of aromatic nitrogens is 2. The fourth-order valence-corrected chi connectivity index (χ4v) is 3.57. The zero-order chi connectivity index (χ0) is 19.7. The second-order valence-electron chi connectivity index (χ2n) is 7.03. The fourth-order valence-electron chi connectivity index (χ4n) is 3.39. The van der Waals surface area contributed by atoms with Crippen molar-refractivity contribution in [3.8, 4) is 0 Å². The second kappa shape index (κ2) is 7.60. The van der Waals surface area contributed by atoms with Crippen molar-refractivity contribution >= 4 is 40.5 Å². The molecule has 0 bridgehead atoms. The molecule has 2 aromatic carbocycles. The third-order valence-corrected chi connectivity index (χ3v) is 5.28. The van der Waals surface area contributed by atoms with Gasteiger partial charge in [0, 0.05) is 22.8 Å². The van der Waals surface area contributed by atoms with Gasteiger partial charge in [-0.25, -0.2) is 4.98 Å². The van der Waals surface area contributed by atoms with E-state index in [1.807, 2.05) is 56.3 Å². The molecule has 5 nitrogen and oxygen atoms in total. The summed E-state index contributed by atoms with van der Waals surface area (Å²) in [4.78, 5) is 21.8. The highest BCUT2D eigenvalue weighted by atomic mass is 35.5. The molecule has 0 amide bonds. The van der Waals surface area contributed by atoms with Crippen molar-refractivity contribution in [2.24, 2.45) is 0 Å². The van der Waals surface area contributed by atoms with Crippen LogP contribution in [0.1, 0.15) is 40.0 Å². The topological polar surface area (TPSA) is 66.9 Å². The van der Waals surface area contributed by atoms with E-state index in [0.29, 0.717) is 28.8 Å². The molecule has 0 aliphatic heterocycles. The number of nitrogens with one attached hydrogen (secondary N) is 2. The Hall–Kier alpha value is -2.92. The van der Waals surface area contributed by atoms with Gasteiger partial charge in [0.2, 0.25) is 5.95 Å². The van der Waals surface area contributed by atoms with Gasteiger partial charge in [0.05, 0.1) is 11.3 Å². The number of aryl methyl sites for hydroxylation is 2. The Labute approximate surface area is 169 Å². The van der Waals surface area contributed by atoms with Crippen molar-refractivity contribution < 1.29 is 4.79 Å². The summed E-state index contributed by atoms with van der Waals surface area (Å²) in [6.07, 6.45) is 2.09. The predicted octanol–water partition coefficient (Wildman–Crippen LogP) is 5.75. The van der Waals surface area contributed by atoms with Gasteiger partial charge in [0.1, 0.15) is 5.82 Å². The van der Waals surface area contributed by atoms with Gasteiger partial charge in [0.25, 0.3) is 0 Å². The number of fused-ring (bicyclic) bond motifs is 1. The van der Waals surface area contributed by atoms with Crippen LogP contribution in [0.2, 0.25) is 5.02 Å². The minimum Gasteiger partial charge on any atom is -0.339 e. The number of rotatable bonds is 4. The summed E-state index contributed by atoms with van der Waals surface area (Å²) >= 11 is 6.25. The molecule has 142 valence electrons. The zero-order valence-electron chi connectivity index (χ0n) is 15.8. The van der Waals surface area contributed by atoms with Crippen molar-refractivity contribution in [3.63, 3.8) is 0 Å². The van der Waals surface area contributed by atoms with Crippen LogP contribution in [0.15, 0.2) is 42.5 Å². The van der Waals surface area contributed by atoms with Gasteiger partial charge in [-0.1, -0.05) is 29.8 Å². The highest BCUT2D eigenvalue weighted by Gasteiger charge is 2.25. The lowest BCUT2D eigenvalue weighted by molar-refractivity contribution is 0.0972. The number of hydrogen-bond acceptors (Lipinski definition) is 5. The molecule has 0 spiro atoms. The molecule has 3 aromatic rings. The van der Waals surface area contributed by atoms with Crippen molar-refractivity contribution in [2.75, 3.05) is 10.6 Å². The van der Waals surface area contributed by atoms with Crippen LogP contribution in [0.4, 0.5) is 23.1 Å². The summed E-state index contributed by atoms with van der Waals surface area (Å²) in [5.41, 5.74) is 5.16. The Kier molecular flexibility index (Phi) is 5.01. The zero-order valence-corrected chi connectivity index (χ0v) is 16.6. The number of carbonyl (C=O) groups excluding carboxylic acids is 1. The molecule has 28 heavy (non-hydrogen) atoms. The van der Waals surface area contributed by atoms with Gasteiger partial charge < -0.3 is 10.6 Å². The van der Waals surface area contributed by atoms with Crippen LogP contribution in [0, 0.1) is 13.8 Å². The van der Waals surface area contributed by atoms with E-state index >= 15 is 0 Å². The standard InChI is InChI=1S/C22H21ClN4O/c1-13-6-3-7-15(12-13)24-22-26-18-10-5-11-19(28)20(18)21(27-22)25-17-9-4-8-16(23)14(17)2/h3-4,6-9,12H,5,10-11H2,1-2H3,(H2,24,25,26,27). The number of ketones is 1. The molecule has 4 rings (SSSR count). The monoisotopic (exact) mass is 392 g/mol. The molecular weight excluding hydrogens is 372 g/mol. The third kappa shape index (κ3) is 3.71. The van der Waals surface area contributed by atoms with Crippen LogP contribution < -0.4 is 10.6 Å². The summed E-state index contributed by atoms with van der Waals surface area (Å²) in [5, 5.41) is 7.24. The van der Waals surface area contributed by atoms with E-state index in [0.717, 1.165) is 41.0 Å². The Bertz CT molecular complexity index is 1060. The van der Waals surface area contributed by atoms with Crippen molar-refractivity contribution in [1.29, 1.82) is 0 Å². The first kappa shape index (κ1) is 18.4. The van der Waals surface area contributed by atoms with Crippen LogP contribution in [0.5, 0.6) is 0 Å². The first-order valence-electron chi connectivity index (χ1n) is 9.31. The summed E-state index contributed by atoms with van der Waals surface area (Å²) in [6.45, 7) is 3.97. The van der Waals surface area contributed by atoms with Crippen LogP contribution >= 0.6 is 11.6 Å². The quantitative estimate of drug-likeness (QED) is 0.591. The lowest BCUT2D eigenvalue weighted by Gasteiger charge is -2.20. The van der Waals surface area contributed by atoms with Crippen LogP contribution in [-0.2, 0) is 6.42 Å². The van der Waals surface area contributed by atoms with Gasteiger partial charge in [-0.05, 0) is 62.1 Å². The number of carbonyl (C=O) groups is 1. The van der Waals surface area contributed by atoms with Gasteiger partial charge in [-0.3, -0.25) is 4.79 Å². The largest absolute Gasteiger partial charge is 0.339 e. The molecule has 0 fully saturated rings. The Morgan fingerprint density at radius 2 is 1.82 bits per heavy atom. The molecule has 0 saturated carbocycles. The Morgan fingerprint density at radius 1 is 1.00 bits per heavy atom. The number of hydrogen-bond donors (Lipinski definition) is 2. The first-order valence-corrected chi connectivity index (χ1v) is 9.69. The molecule has 1 heterocycles. The SMILES string of the molecule is Cc1cccc(Nc2nc3c(c(Nc4cccc(Cl)c4C)n2)C(=O)CCC3)c1. The average Bonchev–Trinajstić information content (AvgIpc) is 2.65. The maximum atomic E-state index is 12.6. The molecule has 0 radical (unpaired) electrons. The van der Waals surface area contributed by atoms with Crippen molar-refractivity contribution in [3.05, 3.63) is 69.9 Å². The number of benzene rings is 2. The van der Waals surface area contributed by atoms with E-state index in [1.165, 1.54) is 0 Å². The van der Waals surface area contributed by atoms with Crippen molar-refractivity contribution in [1.82, 2.24) is 9.97 Å². The van der Waals surface area contributed by atoms with E-state index in [9.17, 15) is 4.79 Å². The van der Waals surface area contributed by atoms with E-state index in [4.69, 9.17) is 11.6 Å². The lowest BCUT2D eigenvalue weighted by Crippen LogP contribution is -2.18. The van der Waals surface area contributed by atoms with Gasteiger partial charge in [0.15, 0.2) is 5.78 Å². The predicted molar refractivity (Wildman–Crippen MR) is 113 cm³/mol. The summed E-state index contributed by atoms with van der Waals surface area (Å²) in [6, 6.07) is 13.7. The molecule has 1 aliphatic carbocycles. The minimum absolute atomic E-state index is 0.0746. The molecule has 0 atom stereocenters. The summed E-state index contributed by atoms with van der Waals surface area (Å²) < 4.78 is 0. The summed E-state index contributed by atoms with van der Waals surface area (Å²) in [7, 11) is 0. The van der Waals surface area contributed by atoms with E-state index in [2.05, 4.69) is 20.6 Å². The Balaban J connectivity index is 1.77. The van der Waals surface area contributed by atoms with E-state index in [-0.39, 0.29) is 5.78 Å². The number of Topliss-reactive ketones (excluding diaryl/α,β-unsaturated/α-hetero) is 1. The van der Waals surface area contributed by atoms with Crippen LogP contribution in [0.3, 0.4) is 0 Å². The molecule has 1 aliphatic rings. The van der Waals surface area contributed by atoms with Gasteiger partial charge in [-0.15, -0.1) is 0 Å². The number of anilines is 4. The molecule has 0 saturated heterocycles. The molecule has 2 N–H and O–H groups in total. The first-order chi connectivity index (χ1) is 13.5. The van der Waals surface area contributed by atoms with Crippen LogP contribution in [-0.4, -0.2) is 15.8 Å². The highest BCUT2D eigenvalue weighted by Crippen LogP contribution is 2.32. The minimum atomic E-state index is 0.0746. The van der Waals surface area contributed by atoms with E-state index < -0.39 is 0 Å². The normalized spacial score (nSPS) is 13.2. The van der Waals surface area contributed by atoms with Crippen molar-refractivity contribution in [2.45, 2.75) is 33.1 Å². The molecule has 6 heteroatoms. The van der Waals surface area contributed by atoms with Crippen LogP contribution in [0.25, 0.3) is 0 Å². The maximum absolute atomic E-state index is 12.6. The lowest BCUT2D eigenvalue weighted by atomic mass is 9.95. The molecule has 1 aromatic heterocycles. The summed E-state index contributed by atoms with van der Waals surface area (Å²) in [5.74, 6) is 1.07. The van der Waals surface area contributed by atoms with E-state index in [1.54, 1.807) is 0 Å². The smallest absolute Gasteiger partial charge is 0.229 e. The molecular formula is C22H21ClN4O. The number of halogens is 1. The maximum Gasteiger partial charge on any atom is 0.229 e.